The van der Waals surface area contributed by atoms with E-state index in [0.29, 0.717) is 0 Å². The normalized spacial score (nSPS) is 13.0. The molecule has 1 nitrogen and oxygen atoms in total. The number of aliphatic imine (C=N–C) groups is 1. The van der Waals surface area contributed by atoms with Crippen LogP contribution in [0.15, 0.2) is 16.6 Å². The van der Waals surface area contributed by atoms with Crippen LogP contribution >= 0.6 is 0 Å². The van der Waals surface area contributed by atoms with Crippen LogP contribution in [0.4, 0.5) is 8.78 Å². The Bertz CT molecular complexity index is 206. The van der Waals surface area contributed by atoms with Crippen LogP contribution in [-0.2, 0) is 0 Å². The van der Waals surface area contributed by atoms with Gasteiger partial charge in [-0.2, -0.15) is 0 Å². The molecule has 0 heterocycles. The van der Waals surface area contributed by atoms with Gasteiger partial charge in [-0.05, 0) is 20.8 Å². The fourth-order valence-corrected chi connectivity index (χ4v) is 0.814. The summed E-state index contributed by atoms with van der Waals surface area (Å²) in [6, 6.07) is 0.0580. The first kappa shape index (κ1) is 16.7. The first-order valence-electron chi connectivity index (χ1n) is 5.51. The third kappa shape index (κ3) is 7.23. The van der Waals surface area contributed by atoms with Crippen LogP contribution in [0.1, 0.15) is 48.0 Å². The van der Waals surface area contributed by atoms with E-state index in [0.717, 1.165) is 0 Å². The highest BCUT2D eigenvalue weighted by molar-refractivity contribution is 5.80. The molecule has 0 aromatic carbocycles. The monoisotopic (exact) mass is 219 g/mol. The van der Waals surface area contributed by atoms with Gasteiger partial charge in [-0.25, -0.2) is 8.78 Å². The van der Waals surface area contributed by atoms with E-state index in [-0.39, 0.29) is 18.0 Å². The highest BCUT2D eigenvalue weighted by Crippen LogP contribution is 2.26. The van der Waals surface area contributed by atoms with Crippen LogP contribution in [-0.4, -0.2) is 18.2 Å². The van der Waals surface area contributed by atoms with Crippen LogP contribution in [0.25, 0.3) is 0 Å². The lowest BCUT2D eigenvalue weighted by molar-refractivity contribution is 0.0444. The molecule has 0 aliphatic rings. The van der Waals surface area contributed by atoms with Crippen molar-refractivity contribution in [2.24, 2.45) is 4.99 Å². The van der Waals surface area contributed by atoms with Crippen molar-refractivity contribution in [3.63, 3.8) is 0 Å². The third-order valence-corrected chi connectivity index (χ3v) is 1.69. The van der Waals surface area contributed by atoms with Crippen LogP contribution in [0.3, 0.4) is 0 Å². The highest BCUT2D eigenvalue weighted by Gasteiger charge is 2.29. The van der Waals surface area contributed by atoms with Crippen molar-refractivity contribution in [1.82, 2.24) is 0 Å². The van der Waals surface area contributed by atoms with E-state index >= 15 is 0 Å². The van der Waals surface area contributed by atoms with Gasteiger partial charge in [0.15, 0.2) is 0 Å². The molecule has 0 bridgehead atoms. The Balaban J connectivity index is 0. The maximum absolute atomic E-state index is 13.1. The summed E-state index contributed by atoms with van der Waals surface area (Å²) >= 11 is 0. The zero-order valence-corrected chi connectivity index (χ0v) is 10.6. The van der Waals surface area contributed by atoms with E-state index in [1.807, 2.05) is 27.7 Å². The second-order valence-corrected chi connectivity index (χ2v) is 3.17. The lowest BCUT2D eigenvalue weighted by Crippen LogP contribution is -2.19. The smallest absolute Gasteiger partial charge is 0.274 e. The first-order chi connectivity index (χ1) is 6.94. The molecule has 0 aromatic heterocycles. The van der Waals surface area contributed by atoms with Crippen molar-refractivity contribution in [3.05, 3.63) is 11.6 Å². The van der Waals surface area contributed by atoms with Gasteiger partial charge >= 0.3 is 0 Å². The molecule has 0 amide bonds. The number of halogens is 2. The maximum atomic E-state index is 13.1. The summed E-state index contributed by atoms with van der Waals surface area (Å²) < 4.78 is 26.2. The van der Waals surface area contributed by atoms with Gasteiger partial charge in [0.2, 0.25) is 0 Å². The molecule has 0 unspecified atom stereocenters. The quantitative estimate of drug-likeness (QED) is 0.618. The van der Waals surface area contributed by atoms with Crippen molar-refractivity contribution < 1.29 is 8.78 Å². The molecule has 0 atom stereocenters. The van der Waals surface area contributed by atoms with E-state index in [1.54, 1.807) is 6.92 Å². The van der Waals surface area contributed by atoms with Gasteiger partial charge in [0.1, 0.15) is 0 Å². The minimum atomic E-state index is -2.74. The number of hydrogen-bond donors (Lipinski definition) is 0. The van der Waals surface area contributed by atoms with Crippen LogP contribution in [0.5, 0.6) is 0 Å². The molecule has 0 spiro atoms. The lowest BCUT2D eigenvalue weighted by Gasteiger charge is -2.14. The first-order valence-corrected chi connectivity index (χ1v) is 5.51. The Hall–Kier alpha value is -0.730. The van der Waals surface area contributed by atoms with Gasteiger partial charge in [-0.1, -0.05) is 26.8 Å². The molecule has 0 saturated carbocycles. The molecule has 0 saturated heterocycles. The topological polar surface area (TPSA) is 12.4 Å². The van der Waals surface area contributed by atoms with Crippen LogP contribution in [0, 0.1) is 0 Å². The fraction of sp³-hybridized carbons (Fsp3) is 0.750. The number of nitrogens with zero attached hydrogens (tertiary/aromatic N) is 1. The molecular weight excluding hydrogens is 196 g/mol. The van der Waals surface area contributed by atoms with Gasteiger partial charge in [0.25, 0.3) is 5.92 Å². The van der Waals surface area contributed by atoms with Crippen molar-refractivity contribution in [3.8, 4) is 0 Å². The summed E-state index contributed by atoms with van der Waals surface area (Å²) in [4.78, 5) is 3.94. The van der Waals surface area contributed by atoms with Crippen molar-refractivity contribution >= 4 is 6.21 Å². The molecule has 0 aromatic rings. The van der Waals surface area contributed by atoms with Gasteiger partial charge in [0.05, 0.1) is 0 Å². The largest absolute Gasteiger partial charge is 0.290 e. The number of alkyl halides is 2. The zero-order valence-electron chi connectivity index (χ0n) is 10.6. The molecule has 0 aliphatic heterocycles. The molecule has 0 rings (SSSR count). The Morgan fingerprint density at radius 3 is 2.07 bits per heavy atom. The second kappa shape index (κ2) is 8.57. The average Bonchev–Trinajstić information content (AvgIpc) is 2.21. The van der Waals surface area contributed by atoms with Crippen molar-refractivity contribution in [2.45, 2.75) is 59.9 Å². The average molecular weight is 219 g/mol. The molecular formula is C12H23F2N. The maximum Gasteiger partial charge on any atom is 0.274 e. The molecule has 0 aliphatic carbocycles. The Morgan fingerprint density at radius 1 is 1.33 bits per heavy atom. The Morgan fingerprint density at radius 2 is 1.80 bits per heavy atom. The predicted molar refractivity (Wildman–Crippen MR) is 64.0 cm³/mol. The van der Waals surface area contributed by atoms with Crippen LogP contribution in [0.2, 0.25) is 0 Å². The minimum Gasteiger partial charge on any atom is -0.290 e. The molecule has 0 radical (unpaired) electrons. The summed E-state index contributed by atoms with van der Waals surface area (Å²) in [6.45, 7) is 10.8. The molecule has 3 heteroatoms. The van der Waals surface area contributed by atoms with Crippen LogP contribution < -0.4 is 0 Å². The Kier molecular flexibility index (Phi) is 9.53. The number of rotatable bonds is 4. The SMILES string of the molecule is C/C=C(\C=NC(C)C)C(F)(F)CC.CC. The number of allylic oxidation sites excluding steroid dienone is 2. The Labute approximate surface area is 92.3 Å². The molecule has 90 valence electrons. The van der Waals surface area contributed by atoms with Crippen molar-refractivity contribution in [1.29, 1.82) is 0 Å². The lowest BCUT2D eigenvalue weighted by atomic mass is 10.1. The summed E-state index contributed by atoms with van der Waals surface area (Å²) in [5.74, 6) is -2.74. The summed E-state index contributed by atoms with van der Waals surface area (Å²) in [7, 11) is 0. The van der Waals surface area contributed by atoms with Gasteiger partial charge in [-0.15, -0.1) is 0 Å². The van der Waals surface area contributed by atoms with E-state index in [1.165, 1.54) is 19.2 Å². The van der Waals surface area contributed by atoms with E-state index in [9.17, 15) is 8.78 Å². The predicted octanol–water partition coefficient (Wildman–Crippen LogP) is 4.48. The summed E-state index contributed by atoms with van der Waals surface area (Å²) in [5, 5.41) is 0. The molecule has 15 heavy (non-hydrogen) atoms. The third-order valence-electron chi connectivity index (χ3n) is 1.69. The minimum absolute atomic E-state index is 0.00343. The summed E-state index contributed by atoms with van der Waals surface area (Å²) in [5.41, 5.74) is 0.00343. The number of hydrogen-bond acceptors (Lipinski definition) is 1. The van der Waals surface area contributed by atoms with E-state index in [4.69, 9.17) is 0 Å². The van der Waals surface area contributed by atoms with Gasteiger partial charge in [0, 0.05) is 24.3 Å². The summed E-state index contributed by atoms with van der Waals surface area (Å²) in [6.07, 6.45) is 2.50. The van der Waals surface area contributed by atoms with Crippen molar-refractivity contribution in [2.75, 3.05) is 0 Å². The molecule has 0 N–H and O–H groups in total. The zero-order chi connectivity index (χ0) is 12.5. The highest BCUT2D eigenvalue weighted by atomic mass is 19.3. The van der Waals surface area contributed by atoms with Gasteiger partial charge < -0.3 is 0 Å². The molecule has 0 fully saturated rings. The fourth-order valence-electron chi connectivity index (χ4n) is 0.814. The van der Waals surface area contributed by atoms with E-state index in [2.05, 4.69) is 4.99 Å². The van der Waals surface area contributed by atoms with E-state index < -0.39 is 5.92 Å². The second-order valence-electron chi connectivity index (χ2n) is 3.17. The standard InChI is InChI=1S/C10H17F2N.C2H6/c1-5-9(7-13-8(3)4)10(11,12)6-2;1-2/h5,7-8H,6H2,1-4H3;1-2H3/b9-5+,13-7?;. The van der Waals surface area contributed by atoms with Gasteiger partial charge in [-0.3, -0.25) is 4.99 Å².